The van der Waals surface area contributed by atoms with Crippen molar-refractivity contribution >= 4 is 5.82 Å². The van der Waals surface area contributed by atoms with Gasteiger partial charge in [-0.05, 0) is 12.8 Å². The fraction of sp³-hybridized carbons (Fsp3) is 0.600. The molecule has 0 radical (unpaired) electrons. The highest BCUT2D eigenvalue weighted by atomic mass is 16.5. The first kappa shape index (κ1) is 11.7. The second-order valence-electron chi connectivity index (χ2n) is 3.66. The van der Waals surface area contributed by atoms with E-state index < -0.39 is 0 Å². The average Bonchev–Trinajstić information content (AvgIpc) is 2.14. The molecule has 1 atom stereocenters. The number of hydrogen-bond donors (Lipinski definition) is 2. The third-order valence-corrected chi connectivity index (χ3v) is 1.94. The first-order chi connectivity index (χ1) is 7.11. The normalized spacial score (nSPS) is 12.5. The molecule has 0 bridgehead atoms. The van der Waals surface area contributed by atoms with Crippen LogP contribution in [0.3, 0.4) is 0 Å². The lowest BCUT2D eigenvalue weighted by molar-refractivity contribution is 0.164. The van der Waals surface area contributed by atoms with Gasteiger partial charge in [-0.25, -0.2) is 4.98 Å². The van der Waals surface area contributed by atoms with Gasteiger partial charge in [-0.2, -0.15) is 0 Å². The average molecular weight is 211 g/mol. The van der Waals surface area contributed by atoms with Crippen molar-refractivity contribution in [2.24, 2.45) is 5.92 Å². The number of aryl methyl sites for hydroxylation is 1. The zero-order valence-electron chi connectivity index (χ0n) is 9.33. The van der Waals surface area contributed by atoms with Crippen molar-refractivity contribution in [3.63, 3.8) is 0 Å². The van der Waals surface area contributed by atoms with Crippen molar-refractivity contribution in [1.29, 1.82) is 0 Å². The van der Waals surface area contributed by atoms with Gasteiger partial charge in [0.15, 0.2) is 0 Å². The van der Waals surface area contributed by atoms with Crippen LogP contribution in [0.2, 0.25) is 0 Å². The Morgan fingerprint density at radius 2 is 2.40 bits per heavy atom. The topological polar surface area (TPSA) is 67.0 Å². The maximum Gasteiger partial charge on any atom is 0.252 e. The van der Waals surface area contributed by atoms with E-state index >= 15 is 0 Å². The van der Waals surface area contributed by atoms with Crippen LogP contribution in [-0.2, 0) is 4.74 Å². The van der Waals surface area contributed by atoms with Gasteiger partial charge in [-0.15, -0.1) is 0 Å². The Labute approximate surface area is 88.9 Å². The highest BCUT2D eigenvalue weighted by molar-refractivity contribution is 5.32. The van der Waals surface area contributed by atoms with Crippen molar-refractivity contribution in [2.45, 2.75) is 13.8 Å². The van der Waals surface area contributed by atoms with Crippen LogP contribution >= 0.6 is 0 Å². The molecule has 5 nitrogen and oxygen atoms in total. The van der Waals surface area contributed by atoms with Crippen molar-refractivity contribution in [3.8, 4) is 0 Å². The minimum absolute atomic E-state index is 0.135. The predicted octanol–water partition coefficient (Wildman–Crippen LogP) is 0.773. The van der Waals surface area contributed by atoms with Gasteiger partial charge in [0.1, 0.15) is 11.6 Å². The van der Waals surface area contributed by atoms with E-state index in [0.717, 1.165) is 6.54 Å². The maximum absolute atomic E-state index is 11.1. The Balaban J connectivity index is 2.54. The highest BCUT2D eigenvalue weighted by Crippen LogP contribution is 2.01. The minimum Gasteiger partial charge on any atom is -0.384 e. The molecule has 0 saturated carbocycles. The van der Waals surface area contributed by atoms with E-state index in [1.807, 2.05) is 0 Å². The Morgan fingerprint density at radius 1 is 1.67 bits per heavy atom. The Hall–Kier alpha value is -1.36. The number of rotatable bonds is 5. The zero-order chi connectivity index (χ0) is 11.3. The summed E-state index contributed by atoms with van der Waals surface area (Å²) in [5, 5.41) is 3.10. The monoisotopic (exact) mass is 211 g/mol. The number of aromatic nitrogens is 2. The Kier molecular flexibility index (Phi) is 4.30. The molecule has 0 fully saturated rings. The molecule has 15 heavy (non-hydrogen) atoms. The largest absolute Gasteiger partial charge is 0.384 e. The Morgan fingerprint density at radius 3 is 3.00 bits per heavy atom. The zero-order valence-corrected chi connectivity index (χ0v) is 9.33. The molecule has 1 heterocycles. The summed E-state index contributed by atoms with van der Waals surface area (Å²) in [7, 11) is 1.67. The highest BCUT2D eigenvalue weighted by Gasteiger charge is 2.02. The van der Waals surface area contributed by atoms with E-state index in [2.05, 4.69) is 22.2 Å². The molecule has 0 aromatic carbocycles. The summed E-state index contributed by atoms with van der Waals surface area (Å²) >= 11 is 0. The quantitative estimate of drug-likeness (QED) is 0.755. The van der Waals surface area contributed by atoms with Crippen LogP contribution in [0.15, 0.2) is 10.9 Å². The number of anilines is 1. The molecule has 5 heteroatoms. The van der Waals surface area contributed by atoms with Crippen molar-refractivity contribution in [3.05, 3.63) is 22.2 Å². The van der Waals surface area contributed by atoms with Crippen molar-refractivity contribution < 1.29 is 4.74 Å². The van der Waals surface area contributed by atoms with Crippen molar-refractivity contribution in [1.82, 2.24) is 9.97 Å². The summed E-state index contributed by atoms with van der Waals surface area (Å²) in [6, 6.07) is 1.45. The van der Waals surface area contributed by atoms with E-state index in [0.29, 0.717) is 24.2 Å². The second-order valence-corrected chi connectivity index (χ2v) is 3.66. The summed E-state index contributed by atoms with van der Waals surface area (Å²) in [5.41, 5.74) is -0.135. The van der Waals surface area contributed by atoms with Gasteiger partial charge in [0, 0.05) is 19.7 Å². The number of hydrogen-bond acceptors (Lipinski definition) is 4. The van der Waals surface area contributed by atoms with Crippen molar-refractivity contribution in [2.75, 3.05) is 25.6 Å². The maximum atomic E-state index is 11.1. The number of nitrogens with zero attached hydrogens (tertiary/aromatic N) is 1. The summed E-state index contributed by atoms with van der Waals surface area (Å²) in [5.74, 6) is 1.61. The van der Waals surface area contributed by atoms with Crippen LogP contribution < -0.4 is 10.9 Å². The van der Waals surface area contributed by atoms with Crippen LogP contribution in [0.4, 0.5) is 5.82 Å². The third-order valence-electron chi connectivity index (χ3n) is 1.94. The number of ether oxygens (including phenoxy) is 1. The standard InChI is InChI=1S/C10H17N3O2/c1-7(6-15-3)5-11-9-4-10(14)13-8(2)12-9/h4,7H,5-6H2,1-3H3,(H2,11,12,13,14). The predicted molar refractivity (Wildman–Crippen MR) is 59.1 cm³/mol. The van der Waals surface area contributed by atoms with Crippen LogP contribution in [0.25, 0.3) is 0 Å². The fourth-order valence-electron chi connectivity index (χ4n) is 1.29. The number of methoxy groups -OCH3 is 1. The van der Waals surface area contributed by atoms with Gasteiger partial charge in [0.2, 0.25) is 0 Å². The molecule has 2 N–H and O–H groups in total. The lowest BCUT2D eigenvalue weighted by Gasteiger charge is -2.11. The minimum atomic E-state index is -0.135. The van der Waals surface area contributed by atoms with Gasteiger partial charge >= 0.3 is 0 Å². The summed E-state index contributed by atoms with van der Waals surface area (Å²) in [6.07, 6.45) is 0. The van der Waals surface area contributed by atoms with E-state index in [9.17, 15) is 4.79 Å². The lowest BCUT2D eigenvalue weighted by atomic mass is 10.2. The fourth-order valence-corrected chi connectivity index (χ4v) is 1.29. The number of nitrogens with one attached hydrogen (secondary N) is 2. The van der Waals surface area contributed by atoms with Crippen LogP contribution in [0.1, 0.15) is 12.7 Å². The molecule has 0 spiro atoms. The number of aromatic amines is 1. The summed E-state index contributed by atoms with van der Waals surface area (Å²) in [6.45, 7) is 5.25. The molecule has 0 saturated heterocycles. The summed E-state index contributed by atoms with van der Waals surface area (Å²) in [4.78, 5) is 17.9. The molecule has 1 aromatic heterocycles. The summed E-state index contributed by atoms with van der Waals surface area (Å²) < 4.78 is 5.01. The molecule has 1 rings (SSSR count). The third kappa shape index (κ3) is 4.12. The van der Waals surface area contributed by atoms with Gasteiger partial charge in [0.05, 0.1) is 6.61 Å². The van der Waals surface area contributed by atoms with E-state index in [1.165, 1.54) is 6.07 Å². The lowest BCUT2D eigenvalue weighted by Crippen LogP contribution is -2.18. The van der Waals surface area contributed by atoms with E-state index in [-0.39, 0.29) is 5.56 Å². The molecule has 0 aliphatic heterocycles. The molecule has 0 amide bonds. The molecule has 1 aromatic rings. The van der Waals surface area contributed by atoms with Gasteiger partial charge in [-0.3, -0.25) is 4.79 Å². The van der Waals surface area contributed by atoms with Crippen LogP contribution in [0.5, 0.6) is 0 Å². The van der Waals surface area contributed by atoms with E-state index in [4.69, 9.17) is 4.74 Å². The molecule has 0 aliphatic carbocycles. The van der Waals surface area contributed by atoms with Gasteiger partial charge < -0.3 is 15.0 Å². The first-order valence-corrected chi connectivity index (χ1v) is 4.92. The van der Waals surface area contributed by atoms with Gasteiger partial charge in [-0.1, -0.05) is 6.92 Å². The van der Waals surface area contributed by atoms with Crippen LogP contribution in [-0.4, -0.2) is 30.2 Å². The SMILES string of the molecule is COCC(C)CNc1cc(=O)[nH]c(C)n1. The van der Waals surface area contributed by atoms with Crippen LogP contribution in [0, 0.1) is 12.8 Å². The molecule has 84 valence electrons. The molecule has 0 aliphatic rings. The molecule has 1 unspecified atom stereocenters. The first-order valence-electron chi connectivity index (χ1n) is 4.92. The number of H-pyrrole nitrogens is 1. The van der Waals surface area contributed by atoms with Gasteiger partial charge in [0.25, 0.3) is 5.56 Å². The molecular formula is C10H17N3O2. The van der Waals surface area contributed by atoms with E-state index in [1.54, 1.807) is 14.0 Å². The second kappa shape index (κ2) is 5.50. The smallest absolute Gasteiger partial charge is 0.252 e. The Bertz CT molecular complexity index is 362. The molecular weight excluding hydrogens is 194 g/mol.